The molecule has 10 nitrogen and oxygen atoms in total. The van der Waals surface area contributed by atoms with E-state index in [1.807, 2.05) is 6.26 Å². The molecule has 0 spiro atoms. The molecule has 3 atom stereocenters. The molecule has 7 N–H and O–H groups in total. The Labute approximate surface area is 175 Å². The minimum absolute atomic E-state index is 0.240. The highest BCUT2D eigenvalue weighted by Gasteiger charge is 2.38. The fourth-order valence-corrected chi connectivity index (χ4v) is 3.74. The second kappa shape index (κ2) is 13.4. The number of carbonyl (C=O) groups excluding carboxylic acids is 3. The summed E-state index contributed by atoms with van der Waals surface area (Å²) >= 11 is 1.53. The number of likely N-dealkylation sites (tertiary alicyclic amines) is 1. The lowest BCUT2D eigenvalue weighted by atomic mass is 10.1. The molecule has 1 saturated heterocycles. The number of amides is 3. The number of unbranched alkanes of at least 4 members (excludes halogenated alkanes) is 1. The minimum atomic E-state index is -1.05. The molecule has 1 heterocycles. The zero-order valence-electron chi connectivity index (χ0n) is 16.9. The molecule has 0 aliphatic carbocycles. The molecule has 0 aromatic carbocycles. The Bertz CT molecular complexity index is 577. The van der Waals surface area contributed by atoms with E-state index in [9.17, 15) is 24.3 Å². The van der Waals surface area contributed by atoms with Gasteiger partial charge in [0.25, 0.3) is 0 Å². The summed E-state index contributed by atoms with van der Waals surface area (Å²) in [6.07, 6.45) is 4.93. The third-order valence-corrected chi connectivity index (χ3v) is 5.47. The van der Waals surface area contributed by atoms with Crippen LogP contribution in [0, 0.1) is 0 Å². The Kier molecular flexibility index (Phi) is 11.6. The molecule has 0 aromatic heterocycles. The third kappa shape index (κ3) is 8.19. The lowest BCUT2D eigenvalue weighted by molar-refractivity contribution is -0.149. The summed E-state index contributed by atoms with van der Waals surface area (Å²) < 4.78 is 0. The number of nitrogens with zero attached hydrogens (tertiary/aromatic N) is 1. The monoisotopic (exact) mass is 431 g/mol. The van der Waals surface area contributed by atoms with Crippen LogP contribution in [0.15, 0.2) is 0 Å². The number of rotatable bonds is 13. The zero-order valence-corrected chi connectivity index (χ0v) is 17.7. The van der Waals surface area contributed by atoms with Gasteiger partial charge in [-0.25, -0.2) is 4.79 Å². The number of hydrogen-bond donors (Lipinski definition) is 5. The predicted octanol–water partition coefficient (Wildman–Crippen LogP) is -1.13. The normalized spacial score (nSPS) is 18.2. The zero-order chi connectivity index (χ0) is 21.8. The van der Waals surface area contributed by atoms with Crippen molar-refractivity contribution in [1.82, 2.24) is 15.5 Å². The van der Waals surface area contributed by atoms with Gasteiger partial charge in [0.1, 0.15) is 18.1 Å². The van der Waals surface area contributed by atoms with Crippen molar-refractivity contribution in [2.45, 2.75) is 56.7 Å². The van der Waals surface area contributed by atoms with Gasteiger partial charge in [0.15, 0.2) is 0 Å². The molecule has 0 saturated carbocycles. The molecule has 1 aliphatic heterocycles. The summed E-state index contributed by atoms with van der Waals surface area (Å²) in [4.78, 5) is 50.2. The molecule has 29 heavy (non-hydrogen) atoms. The summed E-state index contributed by atoms with van der Waals surface area (Å²) in [5.74, 6) is -1.74. The fraction of sp³-hybridized carbons (Fsp3) is 0.778. The van der Waals surface area contributed by atoms with E-state index in [4.69, 9.17) is 11.5 Å². The molecule has 0 bridgehead atoms. The smallest absolute Gasteiger partial charge is 0.326 e. The van der Waals surface area contributed by atoms with E-state index in [2.05, 4.69) is 10.6 Å². The van der Waals surface area contributed by atoms with Crippen molar-refractivity contribution in [1.29, 1.82) is 0 Å². The van der Waals surface area contributed by atoms with Crippen LogP contribution in [-0.4, -0.2) is 83.5 Å². The minimum Gasteiger partial charge on any atom is -0.480 e. The topological polar surface area (TPSA) is 168 Å². The molecule has 1 aliphatic rings. The van der Waals surface area contributed by atoms with Gasteiger partial charge in [-0.1, -0.05) is 0 Å². The van der Waals surface area contributed by atoms with Crippen molar-refractivity contribution in [2.75, 3.05) is 31.6 Å². The highest BCUT2D eigenvalue weighted by Crippen LogP contribution is 2.20. The molecule has 166 valence electrons. The van der Waals surface area contributed by atoms with E-state index in [0.29, 0.717) is 57.4 Å². The maximum atomic E-state index is 13.0. The SMILES string of the molecule is CSCCC(NC(=O)CN)C(=O)NC(CCCCN)C(=O)N1CCCC1C(=O)O. The maximum Gasteiger partial charge on any atom is 0.326 e. The van der Waals surface area contributed by atoms with Crippen molar-refractivity contribution < 1.29 is 24.3 Å². The summed E-state index contributed by atoms with van der Waals surface area (Å²) in [5, 5.41) is 14.7. The van der Waals surface area contributed by atoms with Gasteiger partial charge in [0.2, 0.25) is 17.7 Å². The summed E-state index contributed by atoms with van der Waals surface area (Å²) in [7, 11) is 0. The Hall–Kier alpha value is -1.85. The van der Waals surface area contributed by atoms with Crippen molar-refractivity contribution in [3.8, 4) is 0 Å². The molecule has 1 rings (SSSR count). The number of hydrogen-bond acceptors (Lipinski definition) is 7. The average molecular weight is 432 g/mol. The predicted molar refractivity (Wildman–Crippen MR) is 111 cm³/mol. The molecule has 3 unspecified atom stereocenters. The van der Waals surface area contributed by atoms with Crippen LogP contribution in [0.4, 0.5) is 0 Å². The second-order valence-electron chi connectivity index (χ2n) is 6.98. The van der Waals surface area contributed by atoms with Gasteiger partial charge in [0.05, 0.1) is 6.54 Å². The quantitative estimate of drug-likeness (QED) is 0.228. The first-order chi connectivity index (χ1) is 13.8. The van der Waals surface area contributed by atoms with Crippen LogP contribution < -0.4 is 22.1 Å². The van der Waals surface area contributed by atoms with E-state index in [0.717, 1.165) is 0 Å². The number of carbonyl (C=O) groups is 4. The van der Waals surface area contributed by atoms with Gasteiger partial charge in [-0.3, -0.25) is 14.4 Å². The number of carboxylic acid groups (broad SMARTS) is 1. The van der Waals surface area contributed by atoms with Crippen LogP contribution in [0.3, 0.4) is 0 Å². The Morgan fingerprint density at radius 3 is 2.45 bits per heavy atom. The highest BCUT2D eigenvalue weighted by atomic mass is 32.2. The van der Waals surface area contributed by atoms with Crippen molar-refractivity contribution >= 4 is 35.5 Å². The molecule has 3 amide bonds. The number of carboxylic acids is 1. The van der Waals surface area contributed by atoms with Crippen molar-refractivity contribution in [2.24, 2.45) is 11.5 Å². The van der Waals surface area contributed by atoms with Crippen LogP contribution in [-0.2, 0) is 19.2 Å². The molecule has 1 fully saturated rings. The number of thioether (sulfide) groups is 1. The van der Waals surface area contributed by atoms with Gasteiger partial charge in [0, 0.05) is 6.54 Å². The highest BCUT2D eigenvalue weighted by molar-refractivity contribution is 7.98. The van der Waals surface area contributed by atoms with Gasteiger partial charge < -0.3 is 32.1 Å². The van der Waals surface area contributed by atoms with Crippen LogP contribution >= 0.6 is 11.8 Å². The van der Waals surface area contributed by atoms with E-state index in [-0.39, 0.29) is 6.54 Å². The lowest BCUT2D eigenvalue weighted by Gasteiger charge is -2.28. The van der Waals surface area contributed by atoms with Gasteiger partial charge >= 0.3 is 5.97 Å². The van der Waals surface area contributed by atoms with Gasteiger partial charge in [-0.2, -0.15) is 11.8 Å². The molecule has 11 heteroatoms. The third-order valence-electron chi connectivity index (χ3n) is 4.83. The standard InChI is InChI=1S/C18H33N5O5S/c1-29-10-7-12(21-15(24)11-20)16(25)22-13(5-2-3-8-19)17(26)23-9-4-6-14(23)18(27)28/h12-14H,2-11,19-20H2,1H3,(H,21,24)(H,22,25)(H,27,28). The van der Waals surface area contributed by atoms with Gasteiger partial charge in [-0.05, 0) is 57.1 Å². The average Bonchev–Trinajstić information content (AvgIpc) is 3.19. The summed E-state index contributed by atoms with van der Waals surface area (Å²) in [5.41, 5.74) is 10.9. The first kappa shape index (κ1) is 25.2. The Balaban J connectivity index is 2.90. The second-order valence-corrected chi connectivity index (χ2v) is 7.96. The molecule has 0 aromatic rings. The summed E-state index contributed by atoms with van der Waals surface area (Å²) in [6, 6.07) is -2.54. The molecular formula is C18H33N5O5S. The van der Waals surface area contributed by atoms with Gasteiger partial charge in [-0.15, -0.1) is 0 Å². The molecular weight excluding hydrogens is 398 g/mol. The molecule has 0 radical (unpaired) electrons. The Morgan fingerprint density at radius 1 is 1.14 bits per heavy atom. The maximum absolute atomic E-state index is 13.0. The Morgan fingerprint density at radius 2 is 1.86 bits per heavy atom. The van der Waals surface area contributed by atoms with Crippen LogP contribution in [0.5, 0.6) is 0 Å². The number of aliphatic carboxylic acids is 1. The van der Waals surface area contributed by atoms with Crippen LogP contribution in [0.1, 0.15) is 38.5 Å². The summed E-state index contributed by atoms with van der Waals surface area (Å²) in [6.45, 7) is 0.564. The van der Waals surface area contributed by atoms with E-state index >= 15 is 0 Å². The first-order valence-electron chi connectivity index (χ1n) is 9.87. The lowest BCUT2D eigenvalue weighted by Crippen LogP contribution is -2.56. The first-order valence-corrected chi connectivity index (χ1v) is 11.3. The van der Waals surface area contributed by atoms with E-state index in [1.165, 1.54) is 16.7 Å². The van der Waals surface area contributed by atoms with E-state index < -0.39 is 41.8 Å². The van der Waals surface area contributed by atoms with E-state index in [1.54, 1.807) is 0 Å². The van der Waals surface area contributed by atoms with Crippen LogP contribution in [0.25, 0.3) is 0 Å². The van der Waals surface area contributed by atoms with Crippen molar-refractivity contribution in [3.05, 3.63) is 0 Å². The van der Waals surface area contributed by atoms with Crippen molar-refractivity contribution in [3.63, 3.8) is 0 Å². The fourth-order valence-electron chi connectivity index (χ4n) is 3.27. The van der Waals surface area contributed by atoms with Crippen LogP contribution in [0.2, 0.25) is 0 Å². The number of nitrogens with two attached hydrogens (primary N) is 2. The largest absolute Gasteiger partial charge is 0.480 e. The number of nitrogens with one attached hydrogen (secondary N) is 2.